The summed E-state index contributed by atoms with van der Waals surface area (Å²) in [4.78, 5) is 4.58. The highest BCUT2D eigenvalue weighted by Gasteiger charge is 2.41. The highest BCUT2D eigenvalue weighted by molar-refractivity contribution is 5.54. The minimum atomic E-state index is -4.49. The minimum Gasteiger partial charge on any atom is -0.261 e. The Morgan fingerprint density at radius 3 is 2.55 bits per heavy atom. The Hall–Kier alpha value is -3.41. The summed E-state index contributed by atoms with van der Waals surface area (Å²) < 4.78 is 43.9. The SMILES string of the molecule is Cc1ccc(CC2CCCc3c(C(F)(F)F)nn(-c4ccnc(CC(C)c5ccc6c(c5)C6C)c4)c32)cc1. The topological polar surface area (TPSA) is 30.7 Å². The molecule has 2 aliphatic carbocycles. The van der Waals surface area contributed by atoms with Gasteiger partial charge in [0.2, 0.25) is 0 Å². The van der Waals surface area contributed by atoms with E-state index in [0.29, 0.717) is 42.1 Å². The van der Waals surface area contributed by atoms with Crippen LogP contribution in [0.1, 0.15) is 94.9 Å². The molecule has 0 amide bonds. The van der Waals surface area contributed by atoms with Crippen molar-refractivity contribution in [3.8, 4) is 5.69 Å². The molecule has 2 aliphatic rings. The van der Waals surface area contributed by atoms with Crippen molar-refractivity contribution in [3.63, 3.8) is 0 Å². The second-order valence-electron chi connectivity index (χ2n) is 11.1. The Balaban J connectivity index is 1.35. The van der Waals surface area contributed by atoms with Crippen LogP contribution in [0.5, 0.6) is 0 Å². The third-order valence-corrected chi connectivity index (χ3v) is 8.35. The van der Waals surface area contributed by atoms with Crippen LogP contribution in [0.4, 0.5) is 13.2 Å². The Labute approximate surface area is 221 Å². The van der Waals surface area contributed by atoms with Crippen molar-refractivity contribution in [3.05, 3.63) is 111 Å². The van der Waals surface area contributed by atoms with Crippen LogP contribution in [0.2, 0.25) is 0 Å². The van der Waals surface area contributed by atoms with E-state index in [-0.39, 0.29) is 11.8 Å². The van der Waals surface area contributed by atoms with Crippen LogP contribution in [-0.2, 0) is 25.4 Å². The molecule has 0 bridgehead atoms. The van der Waals surface area contributed by atoms with Crippen LogP contribution >= 0.6 is 0 Å². The van der Waals surface area contributed by atoms with Crippen molar-refractivity contribution in [1.82, 2.24) is 14.8 Å². The number of pyridine rings is 1. The van der Waals surface area contributed by atoms with E-state index in [0.717, 1.165) is 24.1 Å². The van der Waals surface area contributed by atoms with Gasteiger partial charge in [-0.25, -0.2) is 4.68 Å². The largest absolute Gasteiger partial charge is 0.435 e. The Bertz CT molecular complexity index is 1480. The first kappa shape index (κ1) is 24.9. The fourth-order valence-electron chi connectivity index (χ4n) is 6.11. The molecule has 0 saturated heterocycles. The number of alkyl halides is 3. The van der Waals surface area contributed by atoms with Gasteiger partial charge >= 0.3 is 6.18 Å². The van der Waals surface area contributed by atoms with Gasteiger partial charge in [0, 0.05) is 29.3 Å². The first-order valence-corrected chi connectivity index (χ1v) is 13.5. The zero-order chi connectivity index (χ0) is 26.6. The standard InChI is InChI=1S/C32H32F3N3/c1-19-7-9-22(10-8-19)16-24-5-4-6-28-30(24)38(37-31(28)32(33,34)35)26-13-14-36-25(18-26)15-20(2)23-11-12-27-21(3)29(27)17-23/h7-14,17-18,20-21,24H,4-6,15-16H2,1-3H3. The quantitative estimate of drug-likeness (QED) is 0.260. The van der Waals surface area contributed by atoms with E-state index in [9.17, 15) is 13.2 Å². The lowest BCUT2D eigenvalue weighted by Gasteiger charge is -2.25. The highest BCUT2D eigenvalue weighted by Crippen LogP contribution is 2.44. The van der Waals surface area contributed by atoms with Crippen molar-refractivity contribution in [1.29, 1.82) is 0 Å². The predicted octanol–water partition coefficient (Wildman–Crippen LogP) is 8.07. The van der Waals surface area contributed by atoms with Crippen LogP contribution in [0, 0.1) is 6.92 Å². The van der Waals surface area contributed by atoms with Crippen LogP contribution in [0.25, 0.3) is 5.69 Å². The number of halogens is 3. The third kappa shape index (κ3) is 4.65. The summed E-state index contributed by atoms with van der Waals surface area (Å²) in [5.74, 6) is 0.780. The van der Waals surface area contributed by atoms with Crippen molar-refractivity contribution in [2.45, 2.75) is 76.8 Å². The summed E-state index contributed by atoms with van der Waals surface area (Å²) in [6, 6.07) is 18.7. The van der Waals surface area contributed by atoms with Gasteiger partial charge in [-0.05, 0) is 79.3 Å². The Morgan fingerprint density at radius 2 is 1.82 bits per heavy atom. The number of rotatable bonds is 6. The third-order valence-electron chi connectivity index (χ3n) is 8.35. The van der Waals surface area contributed by atoms with Gasteiger partial charge in [0.15, 0.2) is 5.69 Å². The molecule has 0 fully saturated rings. The second-order valence-corrected chi connectivity index (χ2v) is 11.1. The predicted molar refractivity (Wildman–Crippen MR) is 143 cm³/mol. The molecule has 0 N–H and O–H groups in total. The summed E-state index contributed by atoms with van der Waals surface area (Å²) in [6.07, 6.45) is 0.599. The summed E-state index contributed by atoms with van der Waals surface area (Å²) >= 11 is 0. The molecular formula is C32H32F3N3. The first-order chi connectivity index (χ1) is 18.2. The molecule has 0 saturated carbocycles. The lowest BCUT2D eigenvalue weighted by atomic mass is 9.82. The Morgan fingerprint density at radius 1 is 1.03 bits per heavy atom. The average molecular weight is 516 g/mol. The highest BCUT2D eigenvalue weighted by atomic mass is 19.4. The van der Waals surface area contributed by atoms with Gasteiger partial charge in [-0.2, -0.15) is 18.3 Å². The lowest BCUT2D eigenvalue weighted by molar-refractivity contribution is -0.142. The van der Waals surface area contributed by atoms with Gasteiger partial charge in [-0.15, -0.1) is 0 Å². The van der Waals surface area contributed by atoms with E-state index in [2.05, 4.69) is 66.4 Å². The zero-order valence-electron chi connectivity index (χ0n) is 22.0. The molecule has 6 rings (SSSR count). The molecule has 0 spiro atoms. The smallest absolute Gasteiger partial charge is 0.261 e. The molecule has 3 nitrogen and oxygen atoms in total. The molecule has 2 aromatic heterocycles. The van der Waals surface area contributed by atoms with Gasteiger partial charge in [-0.1, -0.05) is 61.9 Å². The number of fused-ring (bicyclic) bond motifs is 2. The first-order valence-electron chi connectivity index (χ1n) is 13.5. The monoisotopic (exact) mass is 515 g/mol. The maximum absolute atomic E-state index is 14.1. The van der Waals surface area contributed by atoms with E-state index in [1.165, 1.54) is 22.3 Å². The van der Waals surface area contributed by atoms with Gasteiger partial charge in [0.05, 0.1) is 11.4 Å². The van der Waals surface area contributed by atoms with E-state index in [4.69, 9.17) is 0 Å². The number of nitrogens with zero attached hydrogens (tertiary/aromatic N) is 3. The number of hydrogen-bond acceptors (Lipinski definition) is 2. The minimum absolute atomic E-state index is 0.0267. The molecular weight excluding hydrogens is 483 g/mol. The van der Waals surface area contributed by atoms with Crippen LogP contribution in [0.15, 0.2) is 60.8 Å². The zero-order valence-corrected chi connectivity index (χ0v) is 22.0. The van der Waals surface area contributed by atoms with Gasteiger partial charge in [-0.3, -0.25) is 4.98 Å². The van der Waals surface area contributed by atoms with Gasteiger partial charge in [0.25, 0.3) is 0 Å². The molecule has 196 valence electrons. The lowest BCUT2D eigenvalue weighted by Crippen LogP contribution is -2.17. The van der Waals surface area contributed by atoms with Crippen molar-refractivity contribution >= 4 is 0 Å². The summed E-state index contributed by atoms with van der Waals surface area (Å²) in [5, 5.41) is 4.21. The summed E-state index contributed by atoms with van der Waals surface area (Å²) in [7, 11) is 0. The maximum Gasteiger partial charge on any atom is 0.435 e. The average Bonchev–Trinajstić information content (AvgIpc) is 3.35. The second kappa shape index (κ2) is 9.40. The fourth-order valence-corrected chi connectivity index (χ4v) is 6.11. The van der Waals surface area contributed by atoms with Crippen molar-refractivity contribution in [2.24, 2.45) is 0 Å². The number of benzene rings is 2. The molecule has 2 aromatic carbocycles. The molecule has 0 radical (unpaired) electrons. The number of aromatic nitrogens is 3. The van der Waals surface area contributed by atoms with Crippen LogP contribution in [0.3, 0.4) is 0 Å². The van der Waals surface area contributed by atoms with Crippen molar-refractivity contribution < 1.29 is 13.2 Å². The summed E-state index contributed by atoms with van der Waals surface area (Å²) in [6.45, 7) is 6.44. The van der Waals surface area contributed by atoms with Gasteiger partial charge < -0.3 is 0 Å². The molecule has 4 aromatic rings. The molecule has 6 heteroatoms. The normalized spacial score (nSPS) is 19.1. The van der Waals surface area contributed by atoms with Crippen LogP contribution in [-0.4, -0.2) is 14.8 Å². The van der Waals surface area contributed by atoms with E-state index in [1.54, 1.807) is 16.9 Å². The number of hydrogen-bond donors (Lipinski definition) is 0. The van der Waals surface area contributed by atoms with E-state index >= 15 is 0 Å². The molecule has 3 atom stereocenters. The van der Waals surface area contributed by atoms with Gasteiger partial charge in [0.1, 0.15) is 0 Å². The maximum atomic E-state index is 14.1. The van der Waals surface area contributed by atoms with E-state index in [1.807, 2.05) is 13.0 Å². The molecule has 0 aliphatic heterocycles. The van der Waals surface area contributed by atoms with Crippen molar-refractivity contribution in [2.75, 3.05) is 0 Å². The van der Waals surface area contributed by atoms with E-state index < -0.39 is 11.9 Å². The Kier molecular flexibility index (Phi) is 6.16. The fraction of sp³-hybridized carbons (Fsp3) is 0.375. The summed E-state index contributed by atoms with van der Waals surface area (Å²) in [5.41, 5.74) is 8.24. The van der Waals surface area contributed by atoms with Crippen LogP contribution < -0.4 is 0 Å². The molecule has 38 heavy (non-hydrogen) atoms. The molecule has 3 unspecified atom stereocenters. The molecule has 2 heterocycles. The number of aryl methyl sites for hydroxylation is 1.